The number of nitrogens with one attached hydrogen (secondary N) is 1. The molecule has 0 radical (unpaired) electrons. The molecular weight excluding hydrogens is 312 g/mol. The largest absolute Gasteiger partial charge is 0.466 e. The van der Waals surface area contributed by atoms with Gasteiger partial charge < -0.3 is 14.8 Å². The molecule has 1 aromatic heterocycles. The predicted molar refractivity (Wildman–Crippen MR) is 87.9 cm³/mol. The molecule has 0 bridgehead atoms. The molecule has 0 aliphatic rings. The summed E-state index contributed by atoms with van der Waals surface area (Å²) in [5, 5.41) is 24.2. The van der Waals surface area contributed by atoms with Crippen LogP contribution in [-0.2, 0) is 5.60 Å². The van der Waals surface area contributed by atoms with Crippen molar-refractivity contribution in [3.8, 4) is 0 Å². The van der Waals surface area contributed by atoms with Crippen molar-refractivity contribution < 1.29 is 19.2 Å². The summed E-state index contributed by atoms with van der Waals surface area (Å²) in [5.74, 6) is 0.611. The highest BCUT2D eigenvalue weighted by atomic mass is 16.6. The zero-order valence-corrected chi connectivity index (χ0v) is 14.0. The monoisotopic (exact) mass is 332 g/mol. The number of aliphatic hydroxyl groups is 1. The molecular formula is C17H20N2O5. The molecule has 1 amide bonds. The normalized spacial score (nSPS) is 13.4. The lowest BCUT2D eigenvalue weighted by molar-refractivity contribution is -0.385. The van der Waals surface area contributed by atoms with Crippen molar-refractivity contribution in [3.63, 3.8) is 0 Å². The van der Waals surface area contributed by atoms with Crippen LogP contribution in [0.25, 0.3) is 0 Å². The average molecular weight is 332 g/mol. The second kappa shape index (κ2) is 6.45. The minimum Gasteiger partial charge on any atom is -0.466 e. The Morgan fingerprint density at radius 3 is 2.54 bits per heavy atom. The predicted octanol–water partition coefficient (Wildman–Crippen LogP) is 2.75. The number of amides is 1. The van der Waals surface area contributed by atoms with Crippen molar-refractivity contribution in [1.29, 1.82) is 0 Å². The van der Waals surface area contributed by atoms with Crippen LogP contribution < -0.4 is 5.32 Å². The van der Waals surface area contributed by atoms with Gasteiger partial charge in [-0.3, -0.25) is 14.9 Å². The summed E-state index contributed by atoms with van der Waals surface area (Å²) in [6, 6.07) is 6.03. The smallest absolute Gasteiger partial charge is 0.282 e. The molecule has 7 heteroatoms. The van der Waals surface area contributed by atoms with Crippen molar-refractivity contribution >= 4 is 11.6 Å². The second-order valence-corrected chi connectivity index (χ2v) is 6.06. The number of carbonyl (C=O) groups is 1. The topological polar surface area (TPSA) is 106 Å². The van der Waals surface area contributed by atoms with Gasteiger partial charge in [0, 0.05) is 11.6 Å². The van der Waals surface area contributed by atoms with E-state index >= 15 is 0 Å². The second-order valence-electron chi connectivity index (χ2n) is 6.06. The van der Waals surface area contributed by atoms with Gasteiger partial charge in [-0.1, -0.05) is 6.07 Å². The van der Waals surface area contributed by atoms with E-state index in [-0.39, 0.29) is 17.8 Å². The van der Waals surface area contributed by atoms with Gasteiger partial charge in [-0.05, 0) is 45.4 Å². The summed E-state index contributed by atoms with van der Waals surface area (Å²) in [4.78, 5) is 22.8. The fourth-order valence-electron chi connectivity index (χ4n) is 2.60. The van der Waals surface area contributed by atoms with Crippen LogP contribution in [0.3, 0.4) is 0 Å². The van der Waals surface area contributed by atoms with Gasteiger partial charge in [0.15, 0.2) is 0 Å². The number of nitrogens with zero attached hydrogens (tertiary/aromatic N) is 1. The van der Waals surface area contributed by atoms with Crippen molar-refractivity contribution in [3.05, 3.63) is 62.6 Å². The minimum absolute atomic E-state index is 0.0316. The molecule has 7 nitrogen and oxygen atoms in total. The van der Waals surface area contributed by atoms with Crippen LogP contribution in [0.2, 0.25) is 0 Å². The van der Waals surface area contributed by atoms with Crippen molar-refractivity contribution in [1.82, 2.24) is 5.32 Å². The van der Waals surface area contributed by atoms with E-state index in [4.69, 9.17) is 4.42 Å². The molecule has 2 aromatic rings. The van der Waals surface area contributed by atoms with E-state index in [1.807, 2.05) is 0 Å². The molecule has 0 saturated heterocycles. The van der Waals surface area contributed by atoms with E-state index in [2.05, 4.69) is 5.32 Å². The van der Waals surface area contributed by atoms with Gasteiger partial charge in [0.2, 0.25) is 0 Å². The molecule has 0 aliphatic heterocycles. The lowest BCUT2D eigenvalue weighted by atomic mass is 9.96. The first-order valence-electron chi connectivity index (χ1n) is 7.45. The zero-order chi connectivity index (χ0) is 18.1. The van der Waals surface area contributed by atoms with Gasteiger partial charge in [-0.25, -0.2) is 0 Å². The van der Waals surface area contributed by atoms with E-state index in [0.717, 1.165) is 5.56 Å². The first-order valence-corrected chi connectivity index (χ1v) is 7.45. The van der Waals surface area contributed by atoms with Crippen LogP contribution in [0, 0.1) is 30.9 Å². The van der Waals surface area contributed by atoms with E-state index < -0.39 is 16.4 Å². The third kappa shape index (κ3) is 3.62. The molecule has 0 fully saturated rings. The fraction of sp³-hybridized carbons (Fsp3) is 0.353. The Balaban J connectivity index is 2.20. The number of benzene rings is 1. The van der Waals surface area contributed by atoms with Gasteiger partial charge in [0.1, 0.15) is 22.7 Å². The van der Waals surface area contributed by atoms with Crippen LogP contribution in [-0.4, -0.2) is 22.5 Å². The van der Waals surface area contributed by atoms with Gasteiger partial charge in [-0.15, -0.1) is 0 Å². The fourth-order valence-corrected chi connectivity index (χ4v) is 2.60. The molecule has 2 N–H and O–H groups in total. The summed E-state index contributed by atoms with van der Waals surface area (Å²) < 4.78 is 5.40. The van der Waals surface area contributed by atoms with Crippen LogP contribution >= 0.6 is 0 Å². The lowest BCUT2D eigenvalue weighted by Crippen LogP contribution is -2.39. The first-order chi connectivity index (χ1) is 11.1. The highest BCUT2D eigenvalue weighted by Crippen LogP contribution is 2.27. The zero-order valence-electron chi connectivity index (χ0n) is 14.0. The Morgan fingerprint density at radius 2 is 2.00 bits per heavy atom. The number of furan rings is 1. The van der Waals surface area contributed by atoms with E-state index in [1.54, 1.807) is 39.8 Å². The highest BCUT2D eigenvalue weighted by Gasteiger charge is 2.29. The molecule has 1 unspecified atom stereocenters. The molecule has 0 saturated carbocycles. The molecule has 0 spiro atoms. The third-order valence-electron chi connectivity index (χ3n) is 3.81. The van der Waals surface area contributed by atoms with E-state index in [9.17, 15) is 20.0 Å². The number of hydrogen-bond acceptors (Lipinski definition) is 5. The quantitative estimate of drug-likeness (QED) is 0.647. The molecule has 1 atom stereocenters. The summed E-state index contributed by atoms with van der Waals surface area (Å²) in [6.07, 6.45) is 0. The Morgan fingerprint density at radius 1 is 1.33 bits per heavy atom. The standard InChI is InChI=1S/C17H20N2O5/c1-10-5-6-15(19(22)23)13(7-10)16(20)18-9-17(4,21)14-8-11(2)24-12(14)3/h5-8,21H,9H2,1-4H3,(H,18,20). The summed E-state index contributed by atoms with van der Waals surface area (Å²) >= 11 is 0. The van der Waals surface area contributed by atoms with Crippen molar-refractivity contribution in [2.45, 2.75) is 33.3 Å². The SMILES string of the molecule is Cc1ccc([N+](=O)[O-])c(C(=O)NCC(C)(O)c2cc(C)oc2C)c1. The molecule has 2 rings (SSSR count). The van der Waals surface area contributed by atoms with E-state index in [0.29, 0.717) is 17.1 Å². The van der Waals surface area contributed by atoms with E-state index in [1.165, 1.54) is 12.1 Å². The molecule has 1 heterocycles. The van der Waals surface area contributed by atoms with Crippen molar-refractivity contribution in [2.24, 2.45) is 0 Å². The van der Waals surface area contributed by atoms with Crippen LogP contribution in [0.5, 0.6) is 0 Å². The molecule has 128 valence electrons. The number of nitro benzene ring substituents is 1. The Hall–Kier alpha value is -2.67. The van der Waals surface area contributed by atoms with Crippen LogP contribution in [0.4, 0.5) is 5.69 Å². The number of nitro groups is 1. The average Bonchev–Trinajstić information content (AvgIpc) is 2.84. The Kier molecular flexibility index (Phi) is 4.75. The Labute approximate surface area is 139 Å². The maximum atomic E-state index is 12.3. The first kappa shape index (κ1) is 17.7. The summed E-state index contributed by atoms with van der Waals surface area (Å²) in [7, 11) is 0. The number of rotatable bonds is 5. The maximum Gasteiger partial charge on any atom is 0.282 e. The maximum absolute atomic E-state index is 12.3. The minimum atomic E-state index is -1.35. The van der Waals surface area contributed by atoms with Crippen molar-refractivity contribution in [2.75, 3.05) is 6.54 Å². The molecule has 0 aliphatic carbocycles. The number of aryl methyl sites for hydroxylation is 3. The van der Waals surface area contributed by atoms with Crippen LogP contribution in [0.15, 0.2) is 28.7 Å². The van der Waals surface area contributed by atoms with Gasteiger partial charge >= 0.3 is 0 Å². The molecule has 24 heavy (non-hydrogen) atoms. The van der Waals surface area contributed by atoms with Gasteiger partial charge in [0.25, 0.3) is 11.6 Å². The lowest BCUT2D eigenvalue weighted by Gasteiger charge is -2.23. The number of carbonyl (C=O) groups excluding carboxylic acids is 1. The van der Waals surface area contributed by atoms with Crippen LogP contribution in [0.1, 0.15) is 39.9 Å². The van der Waals surface area contributed by atoms with Gasteiger partial charge in [0.05, 0.1) is 11.5 Å². The summed E-state index contributed by atoms with van der Waals surface area (Å²) in [6.45, 7) is 6.69. The number of hydrogen-bond donors (Lipinski definition) is 2. The highest BCUT2D eigenvalue weighted by molar-refractivity contribution is 5.98. The third-order valence-corrected chi connectivity index (χ3v) is 3.81. The Bertz CT molecular complexity index is 792. The molecule has 1 aromatic carbocycles. The summed E-state index contributed by atoms with van der Waals surface area (Å²) in [5.41, 5.74) is -0.349. The van der Waals surface area contributed by atoms with Gasteiger partial charge in [-0.2, -0.15) is 0 Å².